The summed E-state index contributed by atoms with van der Waals surface area (Å²) >= 11 is 3.42. The van der Waals surface area contributed by atoms with Gasteiger partial charge in [-0.1, -0.05) is 58.4 Å². The van der Waals surface area contributed by atoms with Crippen molar-refractivity contribution in [1.82, 2.24) is 0 Å². The molecule has 1 aliphatic rings. The molecule has 3 aromatic carbocycles. The van der Waals surface area contributed by atoms with Crippen LogP contribution in [0.25, 0.3) is 23.1 Å². The number of furan rings is 1. The third-order valence-electron chi connectivity index (χ3n) is 5.57. The molecular formula is C28H18BrNO5. The lowest BCUT2D eigenvalue weighted by Crippen LogP contribution is -2.25. The fourth-order valence-electron chi connectivity index (χ4n) is 3.88. The van der Waals surface area contributed by atoms with Crippen LogP contribution in [0.2, 0.25) is 0 Å². The summed E-state index contributed by atoms with van der Waals surface area (Å²) in [6.45, 7) is 0. The highest BCUT2D eigenvalue weighted by Crippen LogP contribution is 2.37. The Morgan fingerprint density at radius 1 is 0.914 bits per heavy atom. The molecule has 1 amide bonds. The van der Waals surface area contributed by atoms with Crippen LogP contribution in [0.1, 0.15) is 21.7 Å². The Morgan fingerprint density at radius 2 is 1.66 bits per heavy atom. The summed E-state index contributed by atoms with van der Waals surface area (Å²) in [5.74, 6) is -0.817. The first kappa shape index (κ1) is 22.4. The second-order valence-corrected chi connectivity index (χ2v) is 8.77. The number of aromatic hydroxyl groups is 1. The van der Waals surface area contributed by atoms with Crippen LogP contribution in [-0.4, -0.2) is 22.1 Å². The van der Waals surface area contributed by atoms with Gasteiger partial charge in [0.15, 0.2) is 0 Å². The van der Waals surface area contributed by atoms with E-state index in [2.05, 4.69) is 15.9 Å². The minimum atomic E-state index is -1.28. The minimum absolute atomic E-state index is 0.287. The molecule has 0 atom stereocenters. The molecule has 0 aliphatic carbocycles. The number of rotatable bonds is 5. The lowest BCUT2D eigenvalue weighted by Gasteiger charge is -2.21. The summed E-state index contributed by atoms with van der Waals surface area (Å²) in [7, 11) is 0. The maximum atomic E-state index is 13.5. The molecule has 0 saturated heterocycles. The van der Waals surface area contributed by atoms with Gasteiger partial charge in [0.2, 0.25) is 0 Å². The molecule has 0 radical (unpaired) electrons. The van der Waals surface area contributed by atoms with Gasteiger partial charge in [0, 0.05) is 15.6 Å². The van der Waals surface area contributed by atoms with Gasteiger partial charge in [0.25, 0.3) is 5.91 Å². The van der Waals surface area contributed by atoms with Gasteiger partial charge in [0.1, 0.15) is 22.8 Å². The van der Waals surface area contributed by atoms with Crippen molar-refractivity contribution in [1.29, 1.82) is 0 Å². The van der Waals surface area contributed by atoms with Gasteiger partial charge in [-0.2, -0.15) is 0 Å². The van der Waals surface area contributed by atoms with Crippen LogP contribution in [0.15, 0.2) is 105 Å². The summed E-state index contributed by atoms with van der Waals surface area (Å²) < 4.78 is 6.93. The average molecular weight is 528 g/mol. The number of nitrogens with zero attached hydrogens (tertiary/aromatic N) is 1. The van der Waals surface area contributed by atoms with E-state index in [1.165, 1.54) is 23.1 Å². The van der Waals surface area contributed by atoms with Gasteiger partial charge in [-0.3, -0.25) is 9.69 Å². The molecule has 2 N–H and O–H groups in total. The monoisotopic (exact) mass is 527 g/mol. The molecule has 172 valence electrons. The number of carboxylic acid groups (broad SMARTS) is 1. The van der Waals surface area contributed by atoms with Gasteiger partial charge in [-0.15, -0.1) is 0 Å². The van der Waals surface area contributed by atoms with E-state index >= 15 is 0 Å². The highest BCUT2D eigenvalue weighted by atomic mass is 79.9. The Labute approximate surface area is 209 Å². The van der Waals surface area contributed by atoms with E-state index in [-0.39, 0.29) is 17.2 Å². The van der Waals surface area contributed by atoms with E-state index in [0.29, 0.717) is 28.5 Å². The predicted octanol–water partition coefficient (Wildman–Crippen LogP) is 6.58. The number of amides is 1. The van der Waals surface area contributed by atoms with Crippen LogP contribution in [0.4, 0.5) is 5.69 Å². The van der Waals surface area contributed by atoms with Crippen molar-refractivity contribution in [2.75, 3.05) is 4.90 Å². The SMILES string of the molecule is O=C(O)c1cc(N2C(=O)/C(=C/c3ccc(-c4ccc(Br)cc4)o3)C=C2c2ccccc2)ccc1O. The Hall–Kier alpha value is -4.36. The fraction of sp³-hybridized carbons (Fsp3) is 0. The summed E-state index contributed by atoms with van der Waals surface area (Å²) in [5, 5.41) is 19.4. The van der Waals surface area contributed by atoms with Crippen LogP contribution >= 0.6 is 15.9 Å². The standard InChI is InChI=1S/C28H18BrNO5/c29-20-8-6-18(7-9-20)26-13-11-22(35-26)14-19-15-24(17-4-2-1-3-5-17)30(27(19)32)21-10-12-25(31)23(16-21)28(33)34/h1-16,31H,(H,33,34)/b19-14+. The van der Waals surface area contributed by atoms with Gasteiger partial charge in [-0.25, -0.2) is 4.79 Å². The first-order valence-corrected chi connectivity index (χ1v) is 11.5. The van der Waals surface area contributed by atoms with E-state index in [9.17, 15) is 19.8 Å². The third kappa shape index (κ3) is 4.41. The van der Waals surface area contributed by atoms with Crippen LogP contribution in [0, 0.1) is 0 Å². The zero-order chi connectivity index (χ0) is 24.5. The van der Waals surface area contributed by atoms with Crippen molar-refractivity contribution in [3.8, 4) is 17.1 Å². The molecule has 0 bridgehead atoms. The second-order valence-electron chi connectivity index (χ2n) is 7.85. The highest BCUT2D eigenvalue weighted by molar-refractivity contribution is 9.10. The summed E-state index contributed by atoms with van der Waals surface area (Å²) in [6.07, 6.45) is 3.40. The molecule has 1 aliphatic heterocycles. The van der Waals surface area contributed by atoms with Gasteiger partial charge >= 0.3 is 5.97 Å². The van der Waals surface area contributed by atoms with Gasteiger partial charge < -0.3 is 14.6 Å². The zero-order valence-electron chi connectivity index (χ0n) is 18.2. The Bertz CT molecular complexity index is 1500. The molecule has 5 rings (SSSR count). The Morgan fingerprint density at radius 3 is 2.37 bits per heavy atom. The fourth-order valence-corrected chi connectivity index (χ4v) is 4.14. The second kappa shape index (κ2) is 9.12. The molecule has 0 fully saturated rings. The first-order valence-electron chi connectivity index (χ1n) is 10.7. The molecule has 0 unspecified atom stereocenters. The first-order chi connectivity index (χ1) is 16.9. The van der Waals surface area contributed by atoms with Crippen molar-refractivity contribution >= 4 is 45.3 Å². The molecule has 1 aromatic heterocycles. The predicted molar refractivity (Wildman–Crippen MR) is 137 cm³/mol. The van der Waals surface area contributed by atoms with Crippen molar-refractivity contribution in [2.45, 2.75) is 0 Å². The summed E-state index contributed by atoms with van der Waals surface area (Å²) in [5.41, 5.74) is 2.70. The number of benzene rings is 3. The number of hydrogen-bond acceptors (Lipinski definition) is 4. The molecule has 2 heterocycles. The topological polar surface area (TPSA) is 91.0 Å². The Balaban J connectivity index is 1.56. The van der Waals surface area contributed by atoms with Crippen molar-refractivity contribution in [3.05, 3.63) is 118 Å². The molecular weight excluding hydrogens is 510 g/mol. The molecule has 0 spiro atoms. The number of carbonyl (C=O) groups excluding carboxylic acids is 1. The van der Waals surface area contributed by atoms with Crippen LogP contribution < -0.4 is 4.90 Å². The highest BCUT2D eigenvalue weighted by Gasteiger charge is 2.31. The van der Waals surface area contributed by atoms with Crippen LogP contribution in [0.5, 0.6) is 5.75 Å². The van der Waals surface area contributed by atoms with E-state index in [0.717, 1.165) is 15.6 Å². The number of carbonyl (C=O) groups is 2. The summed E-state index contributed by atoms with van der Waals surface area (Å²) in [6, 6.07) is 24.7. The zero-order valence-corrected chi connectivity index (χ0v) is 19.8. The van der Waals surface area contributed by atoms with Gasteiger partial charge in [-0.05, 0) is 60.2 Å². The van der Waals surface area contributed by atoms with Crippen molar-refractivity contribution in [2.24, 2.45) is 0 Å². The smallest absolute Gasteiger partial charge is 0.339 e. The quantitative estimate of drug-likeness (QED) is 0.286. The average Bonchev–Trinajstić information content (AvgIpc) is 3.45. The van der Waals surface area contributed by atoms with Crippen molar-refractivity contribution < 1.29 is 24.2 Å². The number of phenols is 1. The normalized spacial score (nSPS) is 14.4. The Kier molecular flexibility index (Phi) is 5.84. The van der Waals surface area contributed by atoms with E-state index in [1.54, 1.807) is 18.2 Å². The van der Waals surface area contributed by atoms with Gasteiger partial charge in [0.05, 0.1) is 11.4 Å². The molecule has 4 aromatic rings. The largest absolute Gasteiger partial charge is 0.507 e. The molecule has 6 nitrogen and oxygen atoms in total. The van der Waals surface area contributed by atoms with Crippen molar-refractivity contribution in [3.63, 3.8) is 0 Å². The molecule has 35 heavy (non-hydrogen) atoms. The number of aromatic carboxylic acids is 1. The maximum absolute atomic E-state index is 13.5. The molecule has 7 heteroatoms. The molecule has 0 saturated carbocycles. The number of hydrogen-bond donors (Lipinski definition) is 2. The van der Waals surface area contributed by atoms with E-state index < -0.39 is 5.97 Å². The lowest BCUT2D eigenvalue weighted by molar-refractivity contribution is -0.113. The van der Waals surface area contributed by atoms with E-state index in [1.807, 2.05) is 60.7 Å². The lowest BCUT2D eigenvalue weighted by atomic mass is 10.1. The number of halogens is 1. The number of carboxylic acids is 1. The number of anilines is 1. The maximum Gasteiger partial charge on any atom is 0.339 e. The third-order valence-corrected chi connectivity index (χ3v) is 6.10. The minimum Gasteiger partial charge on any atom is -0.507 e. The van der Waals surface area contributed by atoms with E-state index in [4.69, 9.17) is 4.42 Å². The van der Waals surface area contributed by atoms with Crippen LogP contribution in [-0.2, 0) is 4.79 Å². The van der Waals surface area contributed by atoms with Crippen LogP contribution in [0.3, 0.4) is 0 Å². The summed E-state index contributed by atoms with van der Waals surface area (Å²) in [4.78, 5) is 26.5.